The molecule has 0 aliphatic carbocycles. The summed E-state index contributed by atoms with van der Waals surface area (Å²) in [6.45, 7) is 3.85. The minimum Gasteiger partial charge on any atom is -0.506 e. The van der Waals surface area contributed by atoms with Crippen molar-refractivity contribution in [2.24, 2.45) is 0 Å². The molecular weight excluding hydrogens is 344 g/mol. The molecule has 6 nitrogen and oxygen atoms in total. The molecule has 0 saturated carbocycles. The van der Waals surface area contributed by atoms with Gasteiger partial charge in [-0.1, -0.05) is 24.3 Å². The number of phenols is 1. The first-order valence-electron chi connectivity index (χ1n) is 7.59. The molecule has 25 heavy (non-hydrogen) atoms. The van der Waals surface area contributed by atoms with Gasteiger partial charge in [0.1, 0.15) is 17.4 Å². The summed E-state index contributed by atoms with van der Waals surface area (Å²) < 4.78 is 5.20. The minimum absolute atomic E-state index is 0.0541. The summed E-state index contributed by atoms with van der Waals surface area (Å²) >= 11 is 5.31. The molecule has 0 spiro atoms. The molecule has 1 aliphatic heterocycles. The maximum Gasteiger partial charge on any atom is 0.262 e. The number of aromatic hydroxyl groups is 1. The highest BCUT2D eigenvalue weighted by Crippen LogP contribution is 2.30. The SMILES string of the molecule is Cc1cccc(O)c1NC(=O)CCl.Cc1cccc2c1NC(=O)CO2. The van der Waals surface area contributed by atoms with Crippen LogP contribution in [0.2, 0.25) is 0 Å². The maximum atomic E-state index is 10.9. The number of hydrogen-bond acceptors (Lipinski definition) is 4. The second kappa shape index (κ2) is 8.39. The normalized spacial score (nSPS) is 12.0. The van der Waals surface area contributed by atoms with E-state index in [1.807, 2.05) is 25.1 Å². The van der Waals surface area contributed by atoms with Gasteiger partial charge in [0.15, 0.2) is 6.61 Å². The van der Waals surface area contributed by atoms with Gasteiger partial charge in [-0.05, 0) is 37.1 Å². The summed E-state index contributed by atoms with van der Waals surface area (Å²) in [5.41, 5.74) is 3.06. The van der Waals surface area contributed by atoms with Crippen molar-refractivity contribution >= 4 is 34.8 Å². The molecule has 3 N–H and O–H groups in total. The molecule has 2 aromatic rings. The molecule has 132 valence electrons. The number of carbonyl (C=O) groups excluding carboxylic acids is 2. The number of rotatable bonds is 2. The monoisotopic (exact) mass is 362 g/mol. The Labute approximate surface area is 150 Å². The Kier molecular flexibility index (Phi) is 6.25. The molecule has 0 aromatic heterocycles. The van der Waals surface area contributed by atoms with Crippen LogP contribution in [0.4, 0.5) is 11.4 Å². The molecule has 3 rings (SSSR count). The summed E-state index contributed by atoms with van der Waals surface area (Å²) in [6, 6.07) is 10.7. The van der Waals surface area contributed by atoms with Crippen LogP contribution in [0.25, 0.3) is 0 Å². The number of para-hydroxylation sites is 2. The zero-order valence-electron chi connectivity index (χ0n) is 13.9. The van der Waals surface area contributed by atoms with Crippen molar-refractivity contribution in [3.8, 4) is 11.5 Å². The molecule has 0 atom stereocenters. The first kappa shape index (κ1) is 18.6. The van der Waals surface area contributed by atoms with Crippen molar-refractivity contribution in [1.29, 1.82) is 0 Å². The average Bonchev–Trinajstić information content (AvgIpc) is 2.59. The van der Waals surface area contributed by atoms with Gasteiger partial charge in [0.05, 0.1) is 11.4 Å². The molecule has 0 unspecified atom stereocenters. The fraction of sp³-hybridized carbons (Fsp3) is 0.222. The van der Waals surface area contributed by atoms with Crippen molar-refractivity contribution in [1.82, 2.24) is 0 Å². The van der Waals surface area contributed by atoms with E-state index in [0.29, 0.717) is 5.69 Å². The number of amides is 2. The lowest BCUT2D eigenvalue weighted by molar-refractivity contribution is -0.118. The molecule has 0 radical (unpaired) electrons. The van der Waals surface area contributed by atoms with Crippen LogP contribution in [0, 0.1) is 13.8 Å². The summed E-state index contributed by atoms with van der Waals surface area (Å²) in [6.07, 6.45) is 0. The zero-order valence-corrected chi connectivity index (χ0v) is 14.7. The van der Waals surface area contributed by atoms with Crippen molar-refractivity contribution in [2.45, 2.75) is 13.8 Å². The lowest BCUT2D eigenvalue weighted by Gasteiger charge is -2.19. The first-order valence-corrected chi connectivity index (χ1v) is 8.12. The lowest BCUT2D eigenvalue weighted by atomic mass is 10.1. The van der Waals surface area contributed by atoms with Crippen LogP contribution >= 0.6 is 11.6 Å². The minimum atomic E-state index is -0.328. The van der Waals surface area contributed by atoms with E-state index in [0.717, 1.165) is 22.6 Å². The number of benzene rings is 2. The largest absolute Gasteiger partial charge is 0.506 e. The van der Waals surface area contributed by atoms with E-state index in [1.54, 1.807) is 19.1 Å². The van der Waals surface area contributed by atoms with Gasteiger partial charge < -0.3 is 20.5 Å². The zero-order chi connectivity index (χ0) is 18.4. The average molecular weight is 363 g/mol. The molecule has 0 saturated heterocycles. The Balaban J connectivity index is 0.000000181. The number of alkyl halides is 1. The lowest BCUT2D eigenvalue weighted by Crippen LogP contribution is -2.25. The van der Waals surface area contributed by atoms with Crippen LogP contribution in [0.15, 0.2) is 36.4 Å². The van der Waals surface area contributed by atoms with E-state index in [2.05, 4.69) is 10.6 Å². The van der Waals surface area contributed by atoms with Crippen molar-refractivity contribution in [3.63, 3.8) is 0 Å². The van der Waals surface area contributed by atoms with Gasteiger partial charge in [-0.25, -0.2) is 0 Å². The number of hydrogen-bond donors (Lipinski definition) is 3. The van der Waals surface area contributed by atoms with Crippen molar-refractivity contribution in [2.75, 3.05) is 23.1 Å². The number of halogens is 1. The van der Waals surface area contributed by atoms with Gasteiger partial charge >= 0.3 is 0 Å². The van der Waals surface area contributed by atoms with Crippen LogP contribution in [0.3, 0.4) is 0 Å². The highest BCUT2D eigenvalue weighted by molar-refractivity contribution is 6.29. The van der Waals surface area contributed by atoms with Crippen LogP contribution in [-0.2, 0) is 9.59 Å². The number of anilines is 2. The van der Waals surface area contributed by atoms with E-state index in [9.17, 15) is 14.7 Å². The van der Waals surface area contributed by atoms with Crippen LogP contribution in [0.1, 0.15) is 11.1 Å². The van der Waals surface area contributed by atoms with Gasteiger partial charge in [0.25, 0.3) is 5.91 Å². The predicted octanol–water partition coefficient (Wildman–Crippen LogP) is 3.20. The molecule has 2 amide bonds. The summed E-state index contributed by atoms with van der Waals surface area (Å²) in [7, 11) is 0. The third kappa shape index (κ3) is 4.87. The number of carbonyl (C=O) groups is 2. The van der Waals surface area contributed by atoms with E-state index in [4.69, 9.17) is 16.3 Å². The fourth-order valence-electron chi connectivity index (χ4n) is 2.23. The van der Waals surface area contributed by atoms with Crippen LogP contribution in [0.5, 0.6) is 11.5 Å². The highest BCUT2D eigenvalue weighted by atomic mass is 35.5. The van der Waals surface area contributed by atoms with E-state index >= 15 is 0 Å². The predicted molar refractivity (Wildman–Crippen MR) is 97.5 cm³/mol. The summed E-state index contributed by atoms with van der Waals surface area (Å²) in [5, 5.41) is 14.6. The second-order valence-electron chi connectivity index (χ2n) is 5.44. The molecule has 1 heterocycles. The topological polar surface area (TPSA) is 87.7 Å². The van der Waals surface area contributed by atoms with E-state index in [1.165, 1.54) is 6.07 Å². The Bertz CT molecular complexity index is 772. The molecule has 2 aromatic carbocycles. The summed E-state index contributed by atoms with van der Waals surface area (Å²) in [5.74, 6) is 0.282. The van der Waals surface area contributed by atoms with Gasteiger partial charge in [-0.2, -0.15) is 0 Å². The molecule has 7 heteroatoms. The standard InChI is InChI=1S/C9H10ClNO2.C9H9NO2/c1-6-3-2-4-7(12)9(6)11-8(13)5-10;1-6-3-2-4-7-9(6)10-8(11)5-12-7/h2-4,12H,5H2,1H3,(H,11,13);2-4H,5H2,1H3,(H,10,11). The number of phenolic OH excluding ortho intramolecular Hbond substituents is 1. The fourth-order valence-corrected chi connectivity index (χ4v) is 2.29. The van der Waals surface area contributed by atoms with Gasteiger partial charge in [-0.3, -0.25) is 9.59 Å². The smallest absolute Gasteiger partial charge is 0.262 e. The molecular formula is C18H19ClN2O4. The number of ether oxygens (including phenoxy) is 1. The Morgan fingerprint density at radius 2 is 1.92 bits per heavy atom. The number of fused-ring (bicyclic) bond motifs is 1. The highest BCUT2D eigenvalue weighted by Gasteiger charge is 2.16. The third-order valence-corrected chi connectivity index (χ3v) is 3.74. The number of aryl methyl sites for hydroxylation is 2. The van der Waals surface area contributed by atoms with Crippen molar-refractivity contribution < 1.29 is 19.4 Å². The third-order valence-electron chi connectivity index (χ3n) is 3.49. The Morgan fingerprint density at radius 1 is 1.24 bits per heavy atom. The molecule has 1 aliphatic rings. The first-order chi connectivity index (χ1) is 11.9. The second-order valence-corrected chi connectivity index (χ2v) is 5.70. The molecule has 0 fully saturated rings. The summed E-state index contributed by atoms with van der Waals surface area (Å²) in [4.78, 5) is 21.9. The Morgan fingerprint density at radius 3 is 2.60 bits per heavy atom. The van der Waals surface area contributed by atoms with Crippen LogP contribution in [-0.4, -0.2) is 29.4 Å². The van der Waals surface area contributed by atoms with E-state index < -0.39 is 0 Å². The van der Waals surface area contributed by atoms with Crippen molar-refractivity contribution in [3.05, 3.63) is 47.5 Å². The maximum absolute atomic E-state index is 10.9. The van der Waals surface area contributed by atoms with E-state index in [-0.39, 0.29) is 30.1 Å². The number of nitrogens with one attached hydrogen (secondary N) is 2. The van der Waals surface area contributed by atoms with Gasteiger partial charge in [0, 0.05) is 0 Å². The van der Waals surface area contributed by atoms with Crippen LogP contribution < -0.4 is 15.4 Å². The molecule has 0 bridgehead atoms. The quantitative estimate of drug-likeness (QED) is 0.565. The van der Waals surface area contributed by atoms with Gasteiger partial charge in [0.2, 0.25) is 5.91 Å². The Hall–Kier alpha value is -2.73. The van der Waals surface area contributed by atoms with Gasteiger partial charge in [-0.15, -0.1) is 11.6 Å².